The van der Waals surface area contributed by atoms with Crippen molar-refractivity contribution in [3.05, 3.63) is 64.1 Å². The molecule has 1 saturated carbocycles. The monoisotopic (exact) mass is 292 g/mol. The molecule has 1 aliphatic rings. The quantitative estimate of drug-likeness (QED) is 0.797. The molecule has 1 aromatic carbocycles. The fourth-order valence-electron chi connectivity index (χ4n) is 2.92. The van der Waals surface area contributed by atoms with E-state index in [9.17, 15) is 4.79 Å². The lowest BCUT2D eigenvalue weighted by molar-refractivity contribution is 0.302. The molecule has 0 N–H and O–H groups in total. The number of aromatic nitrogens is 2. The van der Waals surface area contributed by atoms with E-state index in [0.717, 1.165) is 12.1 Å². The minimum atomic E-state index is -0.0316. The molecule has 0 aliphatic heterocycles. The molecule has 1 aromatic heterocycles. The minimum absolute atomic E-state index is 0.0316. The average molecular weight is 292 g/mol. The molecule has 0 radical (unpaired) electrons. The van der Waals surface area contributed by atoms with Crippen molar-refractivity contribution >= 4 is 0 Å². The van der Waals surface area contributed by atoms with Gasteiger partial charge in [-0.15, -0.1) is 0 Å². The van der Waals surface area contributed by atoms with Crippen molar-refractivity contribution in [3.8, 4) is 11.8 Å². The first-order chi connectivity index (χ1) is 10.8. The second-order valence-corrected chi connectivity index (χ2v) is 5.86. The van der Waals surface area contributed by atoms with Crippen molar-refractivity contribution in [3.63, 3.8) is 0 Å². The van der Waals surface area contributed by atoms with Gasteiger partial charge in [0.15, 0.2) is 0 Å². The van der Waals surface area contributed by atoms with Crippen LogP contribution in [0.3, 0.4) is 0 Å². The maximum Gasteiger partial charge on any atom is 0.266 e. The van der Waals surface area contributed by atoms with Crippen molar-refractivity contribution in [2.45, 2.75) is 38.6 Å². The average Bonchev–Trinajstić information content (AvgIpc) is 2.57. The van der Waals surface area contributed by atoms with Gasteiger partial charge in [0, 0.05) is 18.2 Å². The Morgan fingerprint density at radius 2 is 1.77 bits per heavy atom. The molecular weight excluding hydrogens is 272 g/mol. The maximum absolute atomic E-state index is 12.0. The molecule has 0 unspecified atom stereocenters. The predicted octanol–water partition coefficient (Wildman–Crippen LogP) is 3.22. The Bertz CT molecular complexity index is 731. The van der Waals surface area contributed by atoms with Gasteiger partial charge < -0.3 is 0 Å². The van der Waals surface area contributed by atoms with Gasteiger partial charge in [-0.25, -0.2) is 4.68 Å². The Labute approximate surface area is 131 Å². The summed E-state index contributed by atoms with van der Waals surface area (Å²) >= 11 is 0. The fourth-order valence-corrected chi connectivity index (χ4v) is 2.92. The molecule has 3 heteroatoms. The zero-order valence-electron chi connectivity index (χ0n) is 12.7. The highest BCUT2D eigenvalue weighted by atomic mass is 16.1. The van der Waals surface area contributed by atoms with Gasteiger partial charge in [0.2, 0.25) is 0 Å². The number of hydrogen-bond donors (Lipinski definition) is 0. The van der Waals surface area contributed by atoms with Crippen LogP contribution in [-0.4, -0.2) is 9.78 Å². The summed E-state index contributed by atoms with van der Waals surface area (Å²) in [4.78, 5) is 12.0. The van der Waals surface area contributed by atoms with Gasteiger partial charge in [-0.1, -0.05) is 43.4 Å². The van der Waals surface area contributed by atoms with E-state index >= 15 is 0 Å². The molecule has 0 saturated heterocycles. The van der Waals surface area contributed by atoms with Crippen LogP contribution in [0.15, 0.2) is 47.3 Å². The maximum atomic E-state index is 12.0. The van der Waals surface area contributed by atoms with Crippen molar-refractivity contribution in [1.82, 2.24) is 9.78 Å². The fraction of sp³-hybridized carbons (Fsp3) is 0.368. The van der Waals surface area contributed by atoms with E-state index < -0.39 is 0 Å². The van der Waals surface area contributed by atoms with Gasteiger partial charge in [0.05, 0.1) is 0 Å². The first-order valence-corrected chi connectivity index (χ1v) is 7.96. The smallest absolute Gasteiger partial charge is 0.266 e. The molecule has 22 heavy (non-hydrogen) atoms. The third kappa shape index (κ3) is 3.85. The molecule has 0 amide bonds. The molecule has 2 aromatic rings. The van der Waals surface area contributed by atoms with Crippen LogP contribution >= 0.6 is 0 Å². The van der Waals surface area contributed by atoms with Crippen LogP contribution in [0.4, 0.5) is 0 Å². The Morgan fingerprint density at radius 3 is 2.55 bits per heavy atom. The Kier molecular flexibility index (Phi) is 4.70. The van der Waals surface area contributed by atoms with Gasteiger partial charge in [-0.3, -0.25) is 4.79 Å². The number of rotatable bonds is 2. The Morgan fingerprint density at radius 1 is 1.00 bits per heavy atom. The van der Waals surface area contributed by atoms with Crippen molar-refractivity contribution < 1.29 is 0 Å². The highest BCUT2D eigenvalue weighted by molar-refractivity contribution is 5.39. The van der Waals surface area contributed by atoms with Gasteiger partial charge >= 0.3 is 0 Å². The lowest BCUT2D eigenvalue weighted by Crippen LogP contribution is -2.27. The zero-order chi connectivity index (χ0) is 15.2. The van der Waals surface area contributed by atoms with Gasteiger partial charge in [-0.05, 0) is 42.9 Å². The van der Waals surface area contributed by atoms with Crippen LogP contribution in [0.1, 0.15) is 43.4 Å². The summed E-state index contributed by atoms with van der Waals surface area (Å²) in [5.41, 5.74) is 1.57. The van der Waals surface area contributed by atoms with E-state index in [0.29, 0.717) is 11.6 Å². The van der Waals surface area contributed by atoms with Crippen molar-refractivity contribution in [2.24, 2.45) is 5.92 Å². The van der Waals surface area contributed by atoms with E-state index in [4.69, 9.17) is 0 Å². The zero-order valence-corrected chi connectivity index (χ0v) is 12.7. The van der Waals surface area contributed by atoms with Crippen LogP contribution in [0.5, 0.6) is 0 Å². The molecule has 0 atom stereocenters. The van der Waals surface area contributed by atoms with Crippen LogP contribution in [-0.2, 0) is 6.54 Å². The summed E-state index contributed by atoms with van der Waals surface area (Å²) in [6, 6.07) is 13.1. The van der Waals surface area contributed by atoms with E-state index in [2.05, 4.69) is 16.9 Å². The first kappa shape index (κ1) is 14.6. The summed E-state index contributed by atoms with van der Waals surface area (Å²) in [7, 11) is 0. The highest BCUT2D eigenvalue weighted by Gasteiger charge is 2.15. The number of nitrogens with zero attached hydrogens (tertiary/aromatic N) is 2. The second-order valence-electron chi connectivity index (χ2n) is 5.86. The third-order valence-corrected chi connectivity index (χ3v) is 4.13. The molecule has 3 nitrogen and oxygen atoms in total. The highest BCUT2D eigenvalue weighted by Crippen LogP contribution is 2.24. The second kappa shape index (κ2) is 7.09. The largest absolute Gasteiger partial charge is 0.268 e. The van der Waals surface area contributed by atoms with Gasteiger partial charge in [0.1, 0.15) is 5.69 Å². The van der Waals surface area contributed by atoms with Crippen LogP contribution in [0, 0.1) is 17.8 Å². The van der Waals surface area contributed by atoms with E-state index in [1.165, 1.54) is 32.1 Å². The lowest BCUT2D eigenvalue weighted by Gasteiger charge is -2.21. The van der Waals surface area contributed by atoms with Gasteiger partial charge in [0.25, 0.3) is 5.56 Å². The lowest BCUT2D eigenvalue weighted by atomic mass is 9.89. The molecule has 1 fully saturated rings. The van der Waals surface area contributed by atoms with E-state index in [1.54, 1.807) is 16.8 Å². The van der Waals surface area contributed by atoms with Crippen molar-refractivity contribution in [2.75, 3.05) is 0 Å². The summed E-state index contributed by atoms with van der Waals surface area (Å²) in [5, 5.41) is 4.41. The molecular formula is C19H20N2O. The van der Waals surface area contributed by atoms with E-state index in [-0.39, 0.29) is 5.56 Å². The minimum Gasteiger partial charge on any atom is -0.268 e. The topological polar surface area (TPSA) is 34.9 Å². The Hall–Kier alpha value is -2.34. The standard InChI is InChI=1S/C19H20N2O/c22-19-14-13-18(12-11-16-7-3-1-4-8-16)20-21(19)15-17-9-5-2-6-10-17/h1,3-4,7-8,13-14,17H,2,5-6,9-10,15H2. The number of hydrogen-bond acceptors (Lipinski definition) is 2. The van der Waals surface area contributed by atoms with Crippen LogP contribution in [0.2, 0.25) is 0 Å². The van der Waals surface area contributed by atoms with E-state index in [1.807, 2.05) is 30.3 Å². The number of benzene rings is 1. The molecule has 0 spiro atoms. The molecule has 1 aliphatic carbocycles. The summed E-state index contributed by atoms with van der Waals surface area (Å²) in [6.07, 6.45) is 6.27. The molecule has 0 bridgehead atoms. The summed E-state index contributed by atoms with van der Waals surface area (Å²) in [6.45, 7) is 0.722. The van der Waals surface area contributed by atoms with Crippen LogP contribution in [0.25, 0.3) is 0 Å². The predicted molar refractivity (Wildman–Crippen MR) is 87.5 cm³/mol. The third-order valence-electron chi connectivity index (χ3n) is 4.13. The normalized spacial score (nSPS) is 15.1. The summed E-state index contributed by atoms with van der Waals surface area (Å²) < 4.78 is 1.59. The molecule has 112 valence electrons. The SMILES string of the molecule is O=c1ccc(C#Cc2ccccc2)nn1CC1CCCCC1. The van der Waals surface area contributed by atoms with Gasteiger partial charge in [-0.2, -0.15) is 5.10 Å². The van der Waals surface area contributed by atoms with Crippen molar-refractivity contribution in [1.29, 1.82) is 0 Å². The summed E-state index contributed by atoms with van der Waals surface area (Å²) in [5.74, 6) is 6.71. The Balaban J connectivity index is 1.78. The molecule has 3 rings (SSSR count). The van der Waals surface area contributed by atoms with Crippen LogP contribution < -0.4 is 5.56 Å². The molecule has 1 heterocycles. The first-order valence-electron chi connectivity index (χ1n) is 7.96.